The number of hydrogen-bond acceptors (Lipinski definition) is 8. The van der Waals surface area contributed by atoms with Crippen molar-refractivity contribution in [1.82, 2.24) is 20.3 Å². The van der Waals surface area contributed by atoms with Gasteiger partial charge in [0.2, 0.25) is 0 Å². The van der Waals surface area contributed by atoms with Gasteiger partial charge in [0, 0.05) is 0 Å². The average molecular weight is 419 g/mol. The predicted octanol–water partition coefficient (Wildman–Crippen LogP) is -0.227. The molecular weight excluding hydrogens is 395 g/mol. The monoisotopic (exact) mass is 420 g/mol. The molecular formula is C8H24HfN4O4. The van der Waals surface area contributed by atoms with E-state index in [1.165, 1.54) is 20.3 Å². The third kappa shape index (κ3) is 8.30. The molecule has 0 saturated carbocycles. The van der Waals surface area contributed by atoms with Gasteiger partial charge in [0.15, 0.2) is 0 Å². The van der Waals surface area contributed by atoms with Crippen LogP contribution < -0.4 is 0 Å². The molecule has 0 aliphatic heterocycles. The summed E-state index contributed by atoms with van der Waals surface area (Å²) in [4.78, 5) is 0. The molecule has 0 atom stereocenters. The van der Waals surface area contributed by atoms with E-state index in [-0.39, 0.29) is 0 Å². The van der Waals surface area contributed by atoms with Gasteiger partial charge in [0.25, 0.3) is 0 Å². The number of hydrogen-bond donors (Lipinski definition) is 0. The van der Waals surface area contributed by atoms with E-state index >= 15 is 0 Å². The van der Waals surface area contributed by atoms with Crippen LogP contribution in [0, 0.1) is 0 Å². The van der Waals surface area contributed by atoms with Crippen molar-refractivity contribution < 1.29 is 33.5 Å². The molecule has 0 radical (unpaired) electrons. The Balaban J connectivity index is 4.89. The Bertz CT molecular complexity index is 170. The van der Waals surface area contributed by atoms with E-state index in [2.05, 4.69) is 0 Å². The third-order valence-corrected chi connectivity index (χ3v) is 9.64. The molecule has 0 N–H and O–H groups in total. The molecule has 0 unspecified atom stereocenters. The molecule has 0 fully saturated rings. The molecule has 0 saturated heterocycles. The molecule has 0 aromatic carbocycles. The van der Waals surface area contributed by atoms with Gasteiger partial charge < -0.3 is 0 Å². The zero-order valence-electron chi connectivity index (χ0n) is 11.9. The van der Waals surface area contributed by atoms with Crippen molar-refractivity contribution in [3.8, 4) is 0 Å². The second-order valence-electron chi connectivity index (χ2n) is 4.11. The minimum atomic E-state index is -4.33. The van der Waals surface area contributed by atoms with Gasteiger partial charge in [-0.05, 0) is 0 Å². The van der Waals surface area contributed by atoms with E-state index in [0.29, 0.717) is 0 Å². The summed E-state index contributed by atoms with van der Waals surface area (Å²) >= 11 is -4.33. The van der Waals surface area contributed by atoms with Crippen LogP contribution in [0.4, 0.5) is 0 Å². The molecule has 0 aliphatic carbocycles. The van der Waals surface area contributed by atoms with Gasteiger partial charge in [0.1, 0.15) is 0 Å². The maximum absolute atomic E-state index is 5.63. The Morgan fingerprint density at radius 1 is 0.471 bits per heavy atom. The Kier molecular flexibility index (Phi) is 8.12. The van der Waals surface area contributed by atoms with E-state index in [4.69, 9.17) is 11.8 Å². The van der Waals surface area contributed by atoms with Crippen LogP contribution in [0.15, 0.2) is 0 Å². The van der Waals surface area contributed by atoms with Gasteiger partial charge in [0.05, 0.1) is 0 Å². The van der Waals surface area contributed by atoms with Crippen LogP contribution in [-0.4, -0.2) is 76.6 Å². The second-order valence-corrected chi connectivity index (χ2v) is 10.3. The molecule has 8 nitrogen and oxygen atoms in total. The van der Waals surface area contributed by atoms with Crippen LogP contribution in [0.25, 0.3) is 0 Å². The van der Waals surface area contributed by atoms with E-state index in [9.17, 15) is 0 Å². The first-order valence-corrected chi connectivity index (χ1v) is 11.0. The fourth-order valence-electron chi connectivity index (χ4n) is 0.994. The summed E-state index contributed by atoms with van der Waals surface area (Å²) in [5, 5.41) is 6.10. The number of hydroxylamine groups is 8. The van der Waals surface area contributed by atoms with Gasteiger partial charge in [-0.15, -0.1) is 0 Å². The molecule has 0 aromatic rings. The standard InChI is InChI=1S/4C2H6NO.Hf/c4*1-3(2)4;/h4*1-2H3;/q4*-1;+4. The van der Waals surface area contributed by atoms with Crippen molar-refractivity contribution in [3.05, 3.63) is 0 Å². The van der Waals surface area contributed by atoms with Crippen LogP contribution in [0.5, 0.6) is 0 Å². The van der Waals surface area contributed by atoms with Crippen molar-refractivity contribution in [1.29, 1.82) is 0 Å². The van der Waals surface area contributed by atoms with Gasteiger partial charge in [-0.3, -0.25) is 0 Å². The van der Waals surface area contributed by atoms with Crippen LogP contribution in [0.3, 0.4) is 0 Å². The Hall–Kier alpha value is 0.550. The maximum atomic E-state index is 5.63. The van der Waals surface area contributed by atoms with Crippen LogP contribution in [-0.2, 0) is 33.5 Å². The molecule has 9 heteroatoms. The molecule has 0 rings (SSSR count). The van der Waals surface area contributed by atoms with Gasteiger partial charge >= 0.3 is 110 Å². The topological polar surface area (TPSA) is 49.9 Å². The zero-order chi connectivity index (χ0) is 13.6. The average Bonchev–Trinajstić information content (AvgIpc) is 1.95. The van der Waals surface area contributed by atoms with E-state index < -0.39 is 21.7 Å². The summed E-state index contributed by atoms with van der Waals surface area (Å²) in [6.45, 7) is 0. The SMILES string of the molecule is CN(C)[O][Hf]([O]N(C)C)([O]N(C)C)[O]N(C)C. The van der Waals surface area contributed by atoms with E-state index in [1.807, 2.05) is 0 Å². The van der Waals surface area contributed by atoms with Crippen LogP contribution >= 0.6 is 0 Å². The molecule has 0 spiro atoms. The summed E-state index contributed by atoms with van der Waals surface area (Å²) < 4.78 is 22.5. The summed E-state index contributed by atoms with van der Waals surface area (Å²) in [7, 11) is 14.0. The summed E-state index contributed by atoms with van der Waals surface area (Å²) in [6.07, 6.45) is 0. The summed E-state index contributed by atoms with van der Waals surface area (Å²) in [6, 6.07) is 0. The molecule has 17 heavy (non-hydrogen) atoms. The first-order chi connectivity index (χ1) is 7.67. The van der Waals surface area contributed by atoms with Crippen molar-refractivity contribution in [2.75, 3.05) is 56.4 Å². The first kappa shape index (κ1) is 17.6. The fraction of sp³-hybridized carbons (Fsp3) is 1.00. The minimum absolute atomic E-state index is 1.53. The second kappa shape index (κ2) is 7.87. The number of rotatable bonds is 8. The molecule has 0 aliphatic rings. The molecule has 0 bridgehead atoms. The Morgan fingerprint density at radius 3 is 0.765 bits per heavy atom. The zero-order valence-corrected chi connectivity index (χ0v) is 15.5. The predicted molar refractivity (Wildman–Crippen MR) is 59.1 cm³/mol. The Labute approximate surface area is 110 Å². The molecule has 0 heterocycles. The third-order valence-electron chi connectivity index (χ3n) is 1.18. The van der Waals surface area contributed by atoms with Crippen LogP contribution in [0.2, 0.25) is 0 Å². The quantitative estimate of drug-likeness (QED) is 0.396. The fourth-order valence-corrected chi connectivity index (χ4v) is 8.14. The Morgan fingerprint density at radius 2 is 0.647 bits per heavy atom. The number of nitrogens with zero attached hydrogens (tertiary/aromatic N) is 4. The van der Waals surface area contributed by atoms with E-state index in [0.717, 1.165) is 0 Å². The van der Waals surface area contributed by atoms with Gasteiger partial charge in [-0.2, -0.15) is 0 Å². The summed E-state index contributed by atoms with van der Waals surface area (Å²) in [5.74, 6) is 0. The van der Waals surface area contributed by atoms with Crippen molar-refractivity contribution in [3.63, 3.8) is 0 Å². The van der Waals surface area contributed by atoms with Crippen molar-refractivity contribution in [2.45, 2.75) is 0 Å². The first-order valence-electron chi connectivity index (χ1n) is 5.12. The molecule has 104 valence electrons. The van der Waals surface area contributed by atoms with E-state index in [1.54, 1.807) is 56.4 Å². The summed E-state index contributed by atoms with van der Waals surface area (Å²) in [5.41, 5.74) is 0. The normalized spacial score (nSPS) is 13.4. The molecule has 0 aromatic heterocycles. The van der Waals surface area contributed by atoms with Crippen LogP contribution in [0.1, 0.15) is 0 Å². The van der Waals surface area contributed by atoms with Crippen molar-refractivity contribution >= 4 is 0 Å². The van der Waals surface area contributed by atoms with Gasteiger partial charge in [-0.25, -0.2) is 0 Å². The van der Waals surface area contributed by atoms with Crippen molar-refractivity contribution in [2.24, 2.45) is 0 Å². The molecule has 0 amide bonds. The van der Waals surface area contributed by atoms with Gasteiger partial charge in [-0.1, -0.05) is 0 Å².